The molecule has 0 heterocycles. The van der Waals surface area contributed by atoms with Gasteiger partial charge in [0.15, 0.2) is 0 Å². The Morgan fingerprint density at radius 3 is 2.40 bits per heavy atom. The van der Waals surface area contributed by atoms with E-state index in [2.05, 4.69) is 22.6 Å². The molecular formula is C12H16INO. The summed E-state index contributed by atoms with van der Waals surface area (Å²) >= 11 is 2.22. The number of hydrogen-bond donors (Lipinski definition) is 0. The third-order valence-electron chi connectivity index (χ3n) is 2.41. The molecule has 0 spiro atoms. The fourth-order valence-corrected chi connectivity index (χ4v) is 2.38. The van der Waals surface area contributed by atoms with E-state index in [-0.39, 0.29) is 5.91 Å². The first-order chi connectivity index (χ1) is 7.10. The average molecular weight is 317 g/mol. The molecule has 0 fully saturated rings. The van der Waals surface area contributed by atoms with E-state index < -0.39 is 0 Å². The van der Waals surface area contributed by atoms with Crippen LogP contribution in [-0.4, -0.2) is 23.9 Å². The van der Waals surface area contributed by atoms with Gasteiger partial charge in [-0.2, -0.15) is 0 Å². The number of aryl methyl sites for hydroxylation is 1. The topological polar surface area (TPSA) is 20.3 Å². The SMILES string of the molecule is CCN(CC)C(=O)c1ccc(C)cc1I. The van der Waals surface area contributed by atoms with Gasteiger partial charge in [0.1, 0.15) is 0 Å². The van der Waals surface area contributed by atoms with Gasteiger partial charge >= 0.3 is 0 Å². The highest BCUT2D eigenvalue weighted by Crippen LogP contribution is 2.16. The van der Waals surface area contributed by atoms with E-state index in [1.165, 1.54) is 5.56 Å². The van der Waals surface area contributed by atoms with E-state index in [0.29, 0.717) is 0 Å². The van der Waals surface area contributed by atoms with Crippen LogP contribution in [-0.2, 0) is 0 Å². The lowest BCUT2D eigenvalue weighted by Gasteiger charge is -2.19. The highest BCUT2D eigenvalue weighted by molar-refractivity contribution is 14.1. The van der Waals surface area contributed by atoms with Gasteiger partial charge in [-0.25, -0.2) is 0 Å². The second kappa shape index (κ2) is 5.49. The summed E-state index contributed by atoms with van der Waals surface area (Å²) in [5, 5.41) is 0. The zero-order valence-corrected chi connectivity index (χ0v) is 11.5. The number of nitrogens with zero attached hydrogens (tertiary/aromatic N) is 1. The van der Waals surface area contributed by atoms with Gasteiger partial charge in [0.2, 0.25) is 0 Å². The third-order valence-corrected chi connectivity index (χ3v) is 3.30. The minimum Gasteiger partial charge on any atom is -0.339 e. The molecule has 0 saturated heterocycles. The zero-order valence-electron chi connectivity index (χ0n) is 9.38. The van der Waals surface area contributed by atoms with E-state index >= 15 is 0 Å². The Hall–Kier alpha value is -0.580. The maximum Gasteiger partial charge on any atom is 0.254 e. The molecule has 0 atom stereocenters. The number of amides is 1. The Bertz CT molecular complexity index is 359. The first-order valence-electron chi connectivity index (χ1n) is 5.15. The lowest BCUT2D eigenvalue weighted by Crippen LogP contribution is -2.31. The van der Waals surface area contributed by atoms with E-state index in [0.717, 1.165) is 22.2 Å². The minimum absolute atomic E-state index is 0.129. The van der Waals surface area contributed by atoms with Crippen molar-refractivity contribution < 1.29 is 4.79 Å². The first-order valence-corrected chi connectivity index (χ1v) is 6.23. The van der Waals surface area contributed by atoms with Crippen LogP contribution in [0, 0.1) is 10.5 Å². The van der Waals surface area contributed by atoms with Crippen LogP contribution in [0.2, 0.25) is 0 Å². The maximum atomic E-state index is 12.1. The quantitative estimate of drug-likeness (QED) is 0.785. The van der Waals surface area contributed by atoms with Crippen molar-refractivity contribution in [3.8, 4) is 0 Å². The number of rotatable bonds is 3. The normalized spacial score (nSPS) is 10.1. The maximum absolute atomic E-state index is 12.1. The second-order valence-electron chi connectivity index (χ2n) is 3.46. The van der Waals surface area contributed by atoms with Crippen molar-refractivity contribution >= 4 is 28.5 Å². The molecule has 1 amide bonds. The summed E-state index contributed by atoms with van der Waals surface area (Å²) in [7, 11) is 0. The lowest BCUT2D eigenvalue weighted by molar-refractivity contribution is 0.0772. The molecule has 0 aliphatic carbocycles. The van der Waals surface area contributed by atoms with Crippen molar-refractivity contribution in [2.24, 2.45) is 0 Å². The molecule has 0 saturated carbocycles. The van der Waals surface area contributed by atoms with Gasteiger partial charge in [0.25, 0.3) is 5.91 Å². The Labute approximate surface area is 105 Å². The Kier molecular flexibility index (Phi) is 4.57. The number of halogens is 1. The lowest BCUT2D eigenvalue weighted by atomic mass is 10.1. The standard InChI is InChI=1S/C12H16INO/c1-4-14(5-2)12(15)10-7-6-9(3)8-11(10)13/h6-8H,4-5H2,1-3H3. The fourth-order valence-electron chi connectivity index (χ4n) is 1.47. The van der Waals surface area contributed by atoms with Crippen LogP contribution in [0.3, 0.4) is 0 Å². The van der Waals surface area contributed by atoms with Gasteiger partial charge in [0.05, 0.1) is 5.56 Å². The van der Waals surface area contributed by atoms with Crippen LogP contribution in [0.5, 0.6) is 0 Å². The van der Waals surface area contributed by atoms with Crippen molar-refractivity contribution in [2.75, 3.05) is 13.1 Å². The van der Waals surface area contributed by atoms with Crippen LogP contribution in [0.4, 0.5) is 0 Å². The average Bonchev–Trinajstić information content (AvgIpc) is 2.19. The monoisotopic (exact) mass is 317 g/mol. The first kappa shape index (κ1) is 12.5. The summed E-state index contributed by atoms with van der Waals surface area (Å²) in [6, 6.07) is 5.94. The molecule has 0 radical (unpaired) electrons. The van der Waals surface area contributed by atoms with Gasteiger partial charge in [-0.1, -0.05) is 11.6 Å². The Morgan fingerprint density at radius 1 is 1.33 bits per heavy atom. The number of carbonyl (C=O) groups excluding carboxylic acids is 1. The van der Waals surface area contributed by atoms with Crippen molar-refractivity contribution in [3.05, 3.63) is 32.9 Å². The van der Waals surface area contributed by atoms with Gasteiger partial charge in [0, 0.05) is 16.7 Å². The summed E-state index contributed by atoms with van der Waals surface area (Å²) in [6.07, 6.45) is 0. The van der Waals surface area contributed by atoms with Crippen LogP contribution in [0.25, 0.3) is 0 Å². The van der Waals surface area contributed by atoms with E-state index in [1.54, 1.807) is 0 Å². The van der Waals surface area contributed by atoms with Gasteiger partial charge < -0.3 is 4.90 Å². The van der Waals surface area contributed by atoms with Crippen LogP contribution in [0.15, 0.2) is 18.2 Å². The van der Waals surface area contributed by atoms with Crippen molar-refractivity contribution in [1.82, 2.24) is 4.90 Å². The molecule has 0 aliphatic heterocycles. The fraction of sp³-hybridized carbons (Fsp3) is 0.417. The Balaban J connectivity index is 3.00. The number of benzene rings is 1. The molecule has 0 bridgehead atoms. The van der Waals surface area contributed by atoms with Crippen LogP contribution < -0.4 is 0 Å². The molecule has 0 unspecified atom stereocenters. The van der Waals surface area contributed by atoms with Crippen molar-refractivity contribution in [3.63, 3.8) is 0 Å². The molecule has 15 heavy (non-hydrogen) atoms. The molecular weight excluding hydrogens is 301 g/mol. The Morgan fingerprint density at radius 2 is 1.93 bits per heavy atom. The molecule has 0 aromatic heterocycles. The van der Waals surface area contributed by atoms with Crippen molar-refractivity contribution in [1.29, 1.82) is 0 Å². The highest BCUT2D eigenvalue weighted by atomic mass is 127. The number of hydrogen-bond acceptors (Lipinski definition) is 1. The van der Waals surface area contributed by atoms with Gasteiger partial charge in [-0.15, -0.1) is 0 Å². The largest absolute Gasteiger partial charge is 0.339 e. The summed E-state index contributed by atoms with van der Waals surface area (Å²) in [5.41, 5.74) is 2.00. The molecule has 82 valence electrons. The third kappa shape index (κ3) is 2.93. The predicted octanol–water partition coefficient (Wildman–Crippen LogP) is 3.08. The highest BCUT2D eigenvalue weighted by Gasteiger charge is 2.14. The summed E-state index contributed by atoms with van der Waals surface area (Å²) in [6.45, 7) is 7.57. The summed E-state index contributed by atoms with van der Waals surface area (Å²) in [5.74, 6) is 0.129. The molecule has 2 nitrogen and oxygen atoms in total. The van der Waals surface area contributed by atoms with Crippen LogP contribution in [0.1, 0.15) is 29.8 Å². The summed E-state index contributed by atoms with van der Waals surface area (Å²) < 4.78 is 1.03. The van der Waals surface area contributed by atoms with Crippen LogP contribution >= 0.6 is 22.6 Å². The molecule has 1 aromatic carbocycles. The smallest absolute Gasteiger partial charge is 0.254 e. The molecule has 0 aliphatic rings. The van der Waals surface area contributed by atoms with E-state index in [1.807, 2.05) is 43.9 Å². The van der Waals surface area contributed by atoms with Crippen molar-refractivity contribution in [2.45, 2.75) is 20.8 Å². The second-order valence-corrected chi connectivity index (χ2v) is 4.62. The zero-order chi connectivity index (χ0) is 11.4. The molecule has 0 N–H and O–H groups in total. The molecule has 1 rings (SSSR count). The van der Waals surface area contributed by atoms with Gasteiger partial charge in [-0.05, 0) is 55.5 Å². The summed E-state index contributed by atoms with van der Waals surface area (Å²) in [4.78, 5) is 13.9. The molecule has 3 heteroatoms. The molecule has 1 aromatic rings. The van der Waals surface area contributed by atoms with Gasteiger partial charge in [-0.3, -0.25) is 4.79 Å². The van der Waals surface area contributed by atoms with E-state index in [9.17, 15) is 4.79 Å². The number of carbonyl (C=O) groups is 1. The van der Waals surface area contributed by atoms with E-state index in [4.69, 9.17) is 0 Å². The predicted molar refractivity (Wildman–Crippen MR) is 71.1 cm³/mol. The minimum atomic E-state index is 0.129.